The Kier molecular flexibility index (Phi) is 12.4. The van der Waals surface area contributed by atoms with E-state index in [-0.39, 0.29) is 18.9 Å². The summed E-state index contributed by atoms with van der Waals surface area (Å²) in [5.41, 5.74) is 0. The van der Waals surface area contributed by atoms with Crippen LogP contribution in [0.1, 0.15) is 103 Å². The Bertz CT molecular complexity index is 399. The summed E-state index contributed by atoms with van der Waals surface area (Å²) in [5, 5.41) is 18.7. The van der Waals surface area contributed by atoms with Gasteiger partial charge in [0.05, 0.1) is 6.10 Å². The molecule has 0 unspecified atom stereocenters. The molecule has 1 heterocycles. The van der Waals surface area contributed by atoms with Crippen LogP contribution in [0.25, 0.3) is 0 Å². The maximum atomic E-state index is 12.2. The zero-order valence-electron chi connectivity index (χ0n) is 16.6. The lowest BCUT2D eigenvalue weighted by molar-refractivity contribution is -0.148. The second kappa shape index (κ2) is 14.0. The molecule has 2 N–H and O–H groups in total. The molecule has 0 aliphatic carbocycles. The van der Waals surface area contributed by atoms with Crippen LogP contribution in [0.5, 0.6) is 0 Å². The van der Waals surface area contributed by atoms with E-state index < -0.39 is 18.1 Å². The molecule has 0 aromatic rings. The first-order chi connectivity index (χ1) is 12.6. The molecule has 0 spiro atoms. The number of carbonyl (C=O) groups is 2. The predicted octanol–water partition coefficient (Wildman–Crippen LogP) is 4.51. The third-order valence-corrected chi connectivity index (χ3v) is 5.38. The number of β-amino-alcohol motifs (C(OH)–C–C–N with tert-alkyl or cyclic N) is 1. The molecule has 1 amide bonds. The number of carbonyl (C=O) groups excluding carboxylic acids is 1. The van der Waals surface area contributed by atoms with Crippen LogP contribution < -0.4 is 0 Å². The number of carboxylic acids is 1. The van der Waals surface area contributed by atoms with Gasteiger partial charge in [0.2, 0.25) is 5.91 Å². The quantitative estimate of drug-likeness (QED) is 0.416. The number of carboxylic acid groups (broad SMARTS) is 1. The van der Waals surface area contributed by atoms with Crippen molar-refractivity contribution in [2.24, 2.45) is 0 Å². The third kappa shape index (κ3) is 9.56. The lowest BCUT2D eigenvalue weighted by atomic mass is 10.0. The molecular formula is C21H39NO4. The summed E-state index contributed by atoms with van der Waals surface area (Å²) in [7, 11) is 0. The molecule has 0 radical (unpaired) electrons. The number of aliphatic carboxylic acids is 1. The number of nitrogens with zero attached hydrogens (tertiary/aromatic N) is 1. The Morgan fingerprint density at radius 3 is 1.77 bits per heavy atom. The number of likely N-dealkylation sites (tertiary alicyclic amines) is 1. The first-order valence-corrected chi connectivity index (χ1v) is 10.8. The second-order valence-electron chi connectivity index (χ2n) is 7.78. The van der Waals surface area contributed by atoms with Gasteiger partial charge in [-0.25, -0.2) is 4.79 Å². The van der Waals surface area contributed by atoms with Crippen molar-refractivity contribution >= 4 is 11.9 Å². The molecule has 1 aliphatic rings. The average Bonchev–Trinajstić information content (AvgIpc) is 3.01. The fourth-order valence-electron chi connectivity index (χ4n) is 3.76. The SMILES string of the molecule is CCCCCCCCCCCCCCCC(=O)N1C[C@@H](O)C[C@H]1C(=O)O. The van der Waals surface area contributed by atoms with Crippen molar-refractivity contribution in [1.29, 1.82) is 0 Å². The number of hydrogen-bond acceptors (Lipinski definition) is 3. The van der Waals surface area contributed by atoms with Gasteiger partial charge in [0.1, 0.15) is 6.04 Å². The summed E-state index contributed by atoms with van der Waals surface area (Å²) in [5.74, 6) is -1.14. The van der Waals surface area contributed by atoms with Crippen molar-refractivity contribution in [2.45, 2.75) is 115 Å². The molecule has 5 heteroatoms. The van der Waals surface area contributed by atoms with E-state index >= 15 is 0 Å². The molecule has 0 bridgehead atoms. The van der Waals surface area contributed by atoms with E-state index in [1.54, 1.807) is 0 Å². The molecule has 5 nitrogen and oxygen atoms in total. The van der Waals surface area contributed by atoms with E-state index in [9.17, 15) is 14.7 Å². The highest BCUT2D eigenvalue weighted by Crippen LogP contribution is 2.20. The van der Waals surface area contributed by atoms with Gasteiger partial charge in [-0.1, -0.05) is 84.0 Å². The van der Waals surface area contributed by atoms with Gasteiger partial charge in [0.15, 0.2) is 0 Å². The summed E-state index contributed by atoms with van der Waals surface area (Å²) in [6, 6.07) is -0.848. The zero-order valence-corrected chi connectivity index (χ0v) is 16.6. The van der Waals surface area contributed by atoms with Gasteiger partial charge in [0.25, 0.3) is 0 Å². The number of rotatable bonds is 15. The largest absolute Gasteiger partial charge is 0.480 e. The van der Waals surface area contributed by atoms with Crippen LogP contribution >= 0.6 is 0 Å². The Balaban J connectivity index is 1.94. The summed E-state index contributed by atoms with van der Waals surface area (Å²) >= 11 is 0. The topological polar surface area (TPSA) is 77.8 Å². The Morgan fingerprint density at radius 2 is 1.31 bits per heavy atom. The van der Waals surface area contributed by atoms with Gasteiger partial charge < -0.3 is 15.1 Å². The highest BCUT2D eigenvalue weighted by Gasteiger charge is 2.38. The standard InChI is InChI=1S/C21H39NO4/c1-2-3-4-5-6-7-8-9-10-11-12-13-14-15-20(24)22-17-18(23)16-19(22)21(25)26/h18-19,23H,2-17H2,1H3,(H,25,26)/t18-,19-/m0/s1. The second-order valence-corrected chi connectivity index (χ2v) is 7.78. The van der Waals surface area contributed by atoms with Gasteiger partial charge in [-0.2, -0.15) is 0 Å². The van der Waals surface area contributed by atoms with Crippen molar-refractivity contribution in [2.75, 3.05) is 6.54 Å². The van der Waals surface area contributed by atoms with Gasteiger partial charge >= 0.3 is 5.97 Å². The Morgan fingerprint density at radius 1 is 0.846 bits per heavy atom. The number of aliphatic hydroxyl groups excluding tert-OH is 1. The normalized spacial score (nSPS) is 19.8. The van der Waals surface area contributed by atoms with Gasteiger partial charge in [-0.05, 0) is 6.42 Å². The Hall–Kier alpha value is -1.10. The summed E-state index contributed by atoms with van der Waals surface area (Å²) < 4.78 is 0. The lowest BCUT2D eigenvalue weighted by Gasteiger charge is -2.21. The molecule has 0 aromatic heterocycles. The van der Waals surface area contributed by atoms with E-state index in [2.05, 4.69) is 6.92 Å². The predicted molar refractivity (Wildman–Crippen MR) is 104 cm³/mol. The zero-order chi connectivity index (χ0) is 19.2. The maximum absolute atomic E-state index is 12.2. The number of hydrogen-bond donors (Lipinski definition) is 2. The van der Waals surface area contributed by atoms with E-state index in [0.717, 1.165) is 19.3 Å². The summed E-state index contributed by atoms with van der Waals surface area (Å²) in [4.78, 5) is 24.6. The number of aliphatic hydroxyl groups is 1. The van der Waals surface area contributed by atoms with Gasteiger partial charge in [0, 0.05) is 19.4 Å². The first-order valence-electron chi connectivity index (χ1n) is 10.8. The Labute approximate surface area is 159 Å². The van der Waals surface area contributed by atoms with Crippen molar-refractivity contribution in [3.05, 3.63) is 0 Å². The summed E-state index contributed by atoms with van der Waals surface area (Å²) in [6.45, 7) is 2.41. The molecule has 1 saturated heterocycles. The van der Waals surface area contributed by atoms with Crippen LogP contribution in [0.3, 0.4) is 0 Å². The molecule has 0 saturated carbocycles. The summed E-state index contributed by atoms with van der Waals surface area (Å²) in [6.07, 6.45) is 16.2. The fourth-order valence-corrected chi connectivity index (χ4v) is 3.76. The minimum Gasteiger partial charge on any atom is -0.480 e. The van der Waals surface area contributed by atoms with Crippen LogP contribution in [0.15, 0.2) is 0 Å². The molecule has 0 aromatic carbocycles. The van der Waals surface area contributed by atoms with Gasteiger partial charge in [-0.15, -0.1) is 0 Å². The van der Waals surface area contributed by atoms with Crippen molar-refractivity contribution in [3.8, 4) is 0 Å². The van der Waals surface area contributed by atoms with Crippen LogP contribution in [-0.2, 0) is 9.59 Å². The van der Waals surface area contributed by atoms with Crippen LogP contribution in [-0.4, -0.2) is 45.7 Å². The molecule has 1 fully saturated rings. The van der Waals surface area contributed by atoms with E-state index in [4.69, 9.17) is 5.11 Å². The number of amides is 1. The van der Waals surface area contributed by atoms with E-state index in [1.807, 2.05) is 0 Å². The van der Waals surface area contributed by atoms with Crippen molar-refractivity contribution in [1.82, 2.24) is 4.90 Å². The van der Waals surface area contributed by atoms with E-state index in [1.165, 1.54) is 69.1 Å². The molecule has 152 valence electrons. The highest BCUT2D eigenvalue weighted by molar-refractivity contribution is 5.84. The van der Waals surface area contributed by atoms with Crippen LogP contribution in [0.4, 0.5) is 0 Å². The minimum absolute atomic E-state index is 0.128. The molecule has 1 aliphatic heterocycles. The molecule has 1 rings (SSSR count). The van der Waals surface area contributed by atoms with Crippen molar-refractivity contribution in [3.63, 3.8) is 0 Å². The fraction of sp³-hybridized carbons (Fsp3) is 0.905. The highest BCUT2D eigenvalue weighted by atomic mass is 16.4. The minimum atomic E-state index is -1.01. The number of unbranched alkanes of at least 4 members (excludes halogenated alkanes) is 12. The molecule has 2 atom stereocenters. The maximum Gasteiger partial charge on any atom is 0.326 e. The smallest absolute Gasteiger partial charge is 0.326 e. The van der Waals surface area contributed by atoms with Gasteiger partial charge in [-0.3, -0.25) is 4.79 Å². The van der Waals surface area contributed by atoms with Crippen LogP contribution in [0, 0.1) is 0 Å². The third-order valence-electron chi connectivity index (χ3n) is 5.38. The van der Waals surface area contributed by atoms with E-state index in [0.29, 0.717) is 6.42 Å². The molecule has 26 heavy (non-hydrogen) atoms. The lowest BCUT2D eigenvalue weighted by Crippen LogP contribution is -2.40. The molecular weight excluding hydrogens is 330 g/mol. The van der Waals surface area contributed by atoms with Crippen LogP contribution in [0.2, 0.25) is 0 Å². The first kappa shape index (κ1) is 22.9. The average molecular weight is 370 g/mol. The monoisotopic (exact) mass is 369 g/mol. The van der Waals surface area contributed by atoms with Crippen molar-refractivity contribution < 1.29 is 19.8 Å².